The average molecular weight is 1060 g/mol. The molecule has 0 bridgehead atoms. The van der Waals surface area contributed by atoms with Gasteiger partial charge in [0.1, 0.15) is 18.1 Å². The number of rotatable bonds is 14. The van der Waals surface area contributed by atoms with Crippen LogP contribution in [-0.4, -0.2) is 23.4 Å². The van der Waals surface area contributed by atoms with Gasteiger partial charge in [-0.25, -0.2) is 0 Å². The fraction of sp³-hybridized carbons (Fsp3) is 0.221. The minimum Gasteiger partial charge on any atom is -1.00 e. The van der Waals surface area contributed by atoms with E-state index >= 15 is 0 Å². The quantitative estimate of drug-likeness (QED) is 0.0613. The first-order valence-electron chi connectivity index (χ1n) is 25.9. The molecule has 362 valence electrons. The standard InChI is InChI=1S/C68H67N2O.HI/c1-7-47-69-60-33-20-18-31-58(60)67(3,4)62(69)45-41-55-29-22-30-56(42-46-63-68(5,6)59-32-19-21-34-61(59)70(63)48-8-2)66(55)71-57-43-39-50(40-44-57)49-35-37-54(38-36-49)65(53-27-16-11-17-28-53)64(51-23-12-9-13-24-51)52-25-14-10-15-26-52;/h9-21,23-28,31-46H,7-8,22,29-30,47-48H2,1-6H3;1H/q+1;/p-1. The molecule has 7 aromatic rings. The number of allylic oxidation sites excluding steroid dienone is 7. The minimum atomic E-state index is -0.118. The van der Waals surface area contributed by atoms with Gasteiger partial charge in [-0.05, 0) is 131 Å². The SMILES string of the molecule is CCCN1/C(=C\C=C2/CCCC(/C=C/C3=[N+](CCC)c4ccccc4C3(C)C)=C2Oc2ccc(-c3ccc(C(=C(c4ccccc4)c4ccccc4)c4ccccc4)cc3)cc2)C(C)(C)c2ccccc21.[I-]. The van der Waals surface area contributed by atoms with Gasteiger partial charge in [-0.1, -0.05) is 198 Å². The molecule has 3 aliphatic rings. The molecular formula is C68H67IN2O. The Morgan fingerprint density at radius 2 is 1.07 bits per heavy atom. The molecule has 3 nitrogen and oxygen atoms in total. The fourth-order valence-electron chi connectivity index (χ4n) is 11.3. The zero-order valence-electron chi connectivity index (χ0n) is 42.8. The monoisotopic (exact) mass is 1050 g/mol. The smallest absolute Gasteiger partial charge is 0.209 e. The second kappa shape index (κ2) is 21.9. The summed E-state index contributed by atoms with van der Waals surface area (Å²) in [6, 6.07) is 68.0. The van der Waals surface area contributed by atoms with Crippen molar-refractivity contribution in [3.8, 4) is 16.9 Å². The van der Waals surface area contributed by atoms with Crippen LogP contribution < -0.4 is 33.6 Å². The maximum absolute atomic E-state index is 7.18. The molecule has 1 aliphatic carbocycles. The van der Waals surface area contributed by atoms with Crippen molar-refractivity contribution in [2.75, 3.05) is 18.0 Å². The molecule has 72 heavy (non-hydrogen) atoms. The summed E-state index contributed by atoms with van der Waals surface area (Å²) in [7, 11) is 0. The number of nitrogens with zero attached hydrogens (tertiary/aromatic N) is 2. The van der Waals surface area contributed by atoms with E-state index in [-0.39, 0.29) is 34.8 Å². The molecule has 4 heteroatoms. The van der Waals surface area contributed by atoms with Gasteiger partial charge in [0.05, 0.1) is 5.41 Å². The summed E-state index contributed by atoms with van der Waals surface area (Å²) in [4.78, 5) is 2.54. The molecule has 0 amide bonds. The number of halogens is 1. The van der Waals surface area contributed by atoms with E-state index in [1.165, 1.54) is 78.5 Å². The third kappa shape index (κ3) is 9.91. The first kappa shape index (κ1) is 50.2. The first-order chi connectivity index (χ1) is 34.7. The topological polar surface area (TPSA) is 15.5 Å². The Bertz CT molecular complexity index is 3180. The Morgan fingerprint density at radius 1 is 0.542 bits per heavy atom. The largest absolute Gasteiger partial charge is 1.00 e. The second-order valence-electron chi connectivity index (χ2n) is 20.3. The van der Waals surface area contributed by atoms with Crippen LogP contribution in [-0.2, 0) is 10.8 Å². The maximum Gasteiger partial charge on any atom is 0.209 e. The second-order valence-corrected chi connectivity index (χ2v) is 20.3. The van der Waals surface area contributed by atoms with Crippen molar-refractivity contribution < 1.29 is 33.3 Å². The molecule has 0 radical (unpaired) electrons. The Kier molecular flexibility index (Phi) is 15.3. The molecule has 0 unspecified atom stereocenters. The van der Waals surface area contributed by atoms with Crippen molar-refractivity contribution in [3.63, 3.8) is 0 Å². The van der Waals surface area contributed by atoms with Crippen LogP contribution in [0.5, 0.6) is 5.75 Å². The zero-order valence-corrected chi connectivity index (χ0v) is 45.0. The van der Waals surface area contributed by atoms with Crippen molar-refractivity contribution in [2.24, 2.45) is 0 Å². The highest BCUT2D eigenvalue weighted by molar-refractivity contribution is 6.05. The molecule has 0 fully saturated rings. The Morgan fingerprint density at radius 3 is 1.65 bits per heavy atom. The van der Waals surface area contributed by atoms with E-state index in [0.717, 1.165) is 67.8 Å². The van der Waals surface area contributed by atoms with Crippen LogP contribution >= 0.6 is 0 Å². The molecular weight excluding hydrogens is 988 g/mol. The van der Waals surface area contributed by atoms with Gasteiger partial charge in [-0.3, -0.25) is 0 Å². The van der Waals surface area contributed by atoms with Crippen LogP contribution in [0.1, 0.15) is 107 Å². The zero-order chi connectivity index (χ0) is 49.0. The van der Waals surface area contributed by atoms with Crippen LogP contribution in [0.15, 0.2) is 235 Å². The summed E-state index contributed by atoms with van der Waals surface area (Å²) in [5.74, 6) is 1.81. The summed E-state index contributed by atoms with van der Waals surface area (Å²) in [6.07, 6.45) is 14.6. The van der Waals surface area contributed by atoms with E-state index in [9.17, 15) is 0 Å². The summed E-state index contributed by atoms with van der Waals surface area (Å²) in [5.41, 5.74) is 19.8. The molecule has 2 heterocycles. The lowest BCUT2D eigenvalue weighted by atomic mass is 9.81. The van der Waals surface area contributed by atoms with Crippen LogP contribution in [0.25, 0.3) is 22.3 Å². The van der Waals surface area contributed by atoms with Crippen molar-refractivity contribution in [1.82, 2.24) is 0 Å². The van der Waals surface area contributed by atoms with Crippen LogP contribution in [0.2, 0.25) is 0 Å². The Labute approximate surface area is 446 Å². The average Bonchev–Trinajstić information content (AvgIpc) is 3.75. The van der Waals surface area contributed by atoms with Gasteiger partial charge in [-0.2, -0.15) is 4.58 Å². The van der Waals surface area contributed by atoms with E-state index in [1.54, 1.807) is 0 Å². The van der Waals surface area contributed by atoms with E-state index in [4.69, 9.17) is 4.74 Å². The van der Waals surface area contributed by atoms with E-state index in [1.807, 2.05) is 0 Å². The molecule has 0 atom stereocenters. The molecule has 7 aromatic carbocycles. The number of hydrogen-bond donors (Lipinski definition) is 0. The summed E-state index contributed by atoms with van der Waals surface area (Å²) in [5, 5.41) is 0. The van der Waals surface area contributed by atoms with E-state index in [0.29, 0.717) is 0 Å². The van der Waals surface area contributed by atoms with Gasteiger partial charge >= 0.3 is 0 Å². The molecule has 0 saturated heterocycles. The van der Waals surface area contributed by atoms with Crippen LogP contribution in [0.3, 0.4) is 0 Å². The van der Waals surface area contributed by atoms with Gasteiger partial charge in [0.2, 0.25) is 5.69 Å². The highest BCUT2D eigenvalue weighted by atomic mass is 127. The Balaban J connectivity index is 0.00000640. The van der Waals surface area contributed by atoms with Crippen molar-refractivity contribution in [3.05, 3.63) is 268 Å². The fourth-order valence-corrected chi connectivity index (χ4v) is 11.3. The predicted molar refractivity (Wildman–Crippen MR) is 300 cm³/mol. The number of benzene rings is 7. The van der Waals surface area contributed by atoms with Crippen molar-refractivity contribution in [2.45, 2.75) is 84.5 Å². The number of ether oxygens (including phenoxy) is 1. The van der Waals surface area contributed by atoms with Crippen LogP contribution in [0.4, 0.5) is 11.4 Å². The highest BCUT2D eigenvalue weighted by Gasteiger charge is 2.44. The third-order valence-corrected chi connectivity index (χ3v) is 14.9. The van der Waals surface area contributed by atoms with E-state index in [2.05, 4.69) is 263 Å². The van der Waals surface area contributed by atoms with Crippen molar-refractivity contribution in [1.29, 1.82) is 0 Å². The summed E-state index contributed by atoms with van der Waals surface area (Å²) in [6.45, 7) is 16.0. The molecule has 0 N–H and O–H groups in total. The lowest BCUT2D eigenvalue weighted by molar-refractivity contribution is -0.437. The first-order valence-corrected chi connectivity index (χ1v) is 25.9. The van der Waals surface area contributed by atoms with Gasteiger partial charge in [0, 0.05) is 47.5 Å². The number of fused-ring (bicyclic) bond motifs is 2. The van der Waals surface area contributed by atoms with Crippen molar-refractivity contribution >= 4 is 28.2 Å². The Hall–Kier alpha value is -6.76. The molecule has 10 rings (SSSR count). The normalized spacial score (nSPS) is 16.8. The molecule has 2 aliphatic heterocycles. The summed E-state index contributed by atoms with van der Waals surface area (Å²) >= 11 is 0. The lowest BCUT2D eigenvalue weighted by Gasteiger charge is -2.27. The predicted octanol–water partition coefficient (Wildman–Crippen LogP) is 14.2. The summed E-state index contributed by atoms with van der Waals surface area (Å²) < 4.78 is 9.71. The van der Waals surface area contributed by atoms with Gasteiger partial charge in [-0.15, -0.1) is 0 Å². The molecule has 0 spiro atoms. The number of anilines is 1. The maximum atomic E-state index is 7.18. The minimum absolute atomic E-state index is 0. The van der Waals surface area contributed by atoms with Crippen LogP contribution in [0, 0.1) is 0 Å². The third-order valence-electron chi connectivity index (χ3n) is 14.9. The number of hydrogen-bond acceptors (Lipinski definition) is 2. The van der Waals surface area contributed by atoms with Gasteiger partial charge < -0.3 is 33.6 Å². The molecule has 0 aromatic heterocycles. The van der Waals surface area contributed by atoms with Gasteiger partial charge in [0.15, 0.2) is 5.71 Å². The van der Waals surface area contributed by atoms with Gasteiger partial charge in [0.25, 0.3) is 0 Å². The highest BCUT2D eigenvalue weighted by Crippen LogP contribution is 2.48. The van der Waals surface area contributed by atoms with E-state index < -0.39 is 0 Å². The molecule has 0 saturated carbocycles. The lowest BCUT2D eigenvalue weighted by Crippen LogP contribution is -3.00. The number of para-hydroxylation sites is 2.